The molecule has 0 amide bonds. The molecule has 0 fully saturated rings. The molecule has 2 aromatic rings. The molecule has 0 spiro atoms. The number of benzene rings is 1. The summed E-state index contributed by atoms with van der Waals surface area (Å²) in [4.78, 5) is 1.07. The van der Waals surface area contributed by atoms with Gasteiger partial charge in [-0.2, -0.15) is 0 Å². The maximum Gasteiger partial charge on any atom is 0.0639 e. The second kappa shape index (κ2) is 3.29. The van der Waals surface area contributed by atoms with Gasteiger partial charge in [-0.15, -0.1) is 11.3 Å². The van der Waals surface area contributed by atoms with Crippen LogP contribution in [0.15, 0.2) is 18.2 Å². The summed E-state index contributed by atoms with van der Waals surface area (Å²) in [5.41, 5.74) is 6.81. The van der Waals surface area contributed by atoms with Gasteiger partial charge in [0.05, 0.1) is 5.02 Å². The third kappa shape index (κ3) is 1.35. The van der Waals surface area contributed by atoms with E-state index in [4.69, 9.17) is 17.3 Å². The van der Waals surface area contributed by atoms with Crippen LogP contribution in [-0.4, -0.2) is 0 Å². The molecule has 2 N–H and O–H groups in total. The van der Waals surface area contributed by atoms with Gasteiger partial charge in [-0.05, 0) is 18.6 Å². The van der Waals surface area contributed by atoms with Crippen LogP contribution < -0.4 is 5.73 Å². The number of thiophene rings is 1. The summed E-state index contributed by atoms with van der Waals surface area (Å²) in [6.07, 6.45) is 0. The minimum absolute atomic E-state index is 0.525. The van der Waals surface area contributed by atoms with Gasteiger partial charge in [0.1, 0.15) is 0 Å². The third-order valence-corrected chi connectivity index (χ3v) is 3.82. The number of halogens is 1. The average molecular weight is 212 g/mol. The molecule has 0 aliphatic rings. The van der Waals surface area contributed by atoms with Gasteiger partial charge < -0.3 is 5.73 Å². The molecular weight excluding hydrogens is 202 g/mol. The van der Waals surface area contributed by atoms with Gasteiger partial charge in [0.2, 0.25) is 0 Å². The van der Waals surface area contributed by atoms with Gasteiger partial charge in [-0.1, -0.05) is 23.7 Å². The summed E-state index contributed by atoms with van der Waals surface area (Å²) in [5.74, 6) is 0. The van der Waals surface area contributed by atoms with Gasteiger partial charge in [-0.25, -0.2) is 0 Å². The van der Waals surface area contributed by atoms with Crippen LogP contribution in [0, 0.1) is 6.92 Å². The van der Waals surface area contributed by atoms with E-state index in [0.717, 1.165) is 15.3 Å². The SMILES string of the molecule is Cc1cccc2sc(CN)c(Cl)c12. The maximum atomic E-state index is 6.19. The number of hydrogen-bond donors (Lipinski definition) is 1. The molecule has 0 bridgehead atoms. The zero-order valence-electron chi connectivity index (χ0n) is 7.30. The molecule has 13 heavy (non-hydrogen) atoms. The van der Waals surface area contributed by atoms with Crippen molar-refractivity contribution in [3.8, 4) is 0 Å². The molecule has 0 atom stereocenters. The minimum atomic E-state index is 0.525. The molecule has 3 heteroatoms. The molecule has 1 aromatic heterocycles. The van der Waals surface area contributed by atoms with Crippen LogP contribution in [0.5, 0.6) is 0 Å². The number of rotatable bonds is 1. The van der Waals surface area contributed by atoms with Gasteiger partial charge in [0.15, 0.2) is 0 Å². The molecule has 68 valence electrons. The molecule has 0 saturated heterocycles. The fourth-order valence-electron chi connectivity index (χ4n) is 1.46. The van der Waals surface area contributed by atoms with E-state index in [9.17, 15) is 0 Å². The van der Waals surface area contributed by atoms with Gasteiger partial charge in [0, 0.05) is 21.5 Å². The van der Waals surface area contributed by atoms with Crippen molar-refractivity contribution in [3.05, 3.63) is 33.7 Å². The topological polar surface area (TPSA) is 26.0 Å². The Morgan fingerprint density at radius 3 is 2.85 bits per heavy atom. The Kier molecular flexibility index (Phi) is 2.28. The van der Waals surface area contributed by atoms with Crippen LogP contribution >= 0.6 is 22.9 Å². The molecule has 2 rings (SSSR count). The molecular formula is C10H10ClNS. The van der Waals surface area contributed by atoms with E-state index in [-0.39, 0.29) is 0 Å². The smallest absolute Gasteiger partial charge is 0.0639 e. The number of hydrogen-bond acceptors (Lipinski definition) is 2. The van der Waals surface area contributed by atoms with Gasteiger partial charge in [0.25, 0.3) is 0 Å². The molecule has 1 nitrogen and oxygen atoms in total. The van der Waals surface area contributed by atoms with E-state index in [0.29, 0.717) is 6.54 Å². The van der Waals surface area contributed by atoms with E-state index < -0.39 is 0 Å². The van der Waals surface area contributed by atoms with Crippen molar-refractivity contribution in [3.63, 3.8) is 0 Å². The van der Waals surface area contributed by atoms with Crippen molar-refractivity contribution in [1.82, 2.24) is 0 Å². The Bertz CT molecular complexity index is 447. The molecule has 0 unspecified atom stereocenters. The van der Waals surface area contributed by atoms with Crippen molar-refractivity contribution in [2.45, 2.75) is 13.5 Å². The lowest BCUT2D eigenvalue weighted by atomic mass is 10.1. The highest BCUT2D eigenvalue weighted by Crippen LogP contribution is 2.36. The summed E-state index contributed by atoms with van der Waals surface area (Å²) < 4.78 is 1.23. The van der Waals surface area contributed by atoms with Crippen molar-refractivity contribution in [2.75, 3.05) is 0 Å². The summed E-state index contributed by atoms with van der Waals surface area (Å²) >= 11 is 7.87. The van der Waals surface area contributed by atoms with E-state index >= 15 is 0 Å². The number of nitrogens with two attached hydrogens (primary N) is 1. The van der Waals surface area contributed by atoms with Crippen molar-refractivity contribution < 1.29 is 0 Å². The largest absolute Gasteiger partial charge is 0.326 e. The second-order valence-corrected chi connectivity index (χ2v) is 4.51. The van der Waals surface area contributed by atoms with E-state index in [2.05, 4.69) is 19.1 Å². The third-order valence-electron chi connectivity index (χ3n) is 2.12. The Balaban J connectivity index is 2.85. The summed E-state index contributed by atoms with van der Waals surface area (Å²) in [6, 6.07) is 6.20. The van der Waals surface area contributed by atoms with Crippen LogP contribution in [0.1, 0.15) is 10.4 Å². The second-order valence-electron chi connectivity index (χ2n) is 2.99. The van der Waals surface area contributed by atoms with Gasteiger partial charge >= 0.3 is 0 Å². The number of fused-ring (bicyclic) bond motifs is 1. The highest BCUT2D eigenvalue weighted by atomic mass is 35.5. The lowest BCUT2D eigenvalue weighted by Crippen LogP contribution is -1.92. The van der Waals surface area contributed by atoms with E-state index in [1.807, 2.05) is 6.07 Å². The van der Waals surface area contributed by atoms with Crippen molar-refractivity contribution in [1.29, 1.82) is 0 Å². The summed E-state index contributed by atoms with van der Waals surface area (Å²) in [7, 11) is 0. The normalized spacial score (nSPS) is 11.0. The zero-order valence-corrected chi connectivity index (χ0v) is 8.88. The fourth-order valence-corrected chi connectivity index (χ4v) is 3.01. The predicted octanol–water partition coefficient (Wildman–Crippen LogP) is 3.32. The highest BCUT2D eigenvalue weighted by Gasteiger charge is 2.09. The fraction of sp³-hybridized carbons (Fsp3) is 0.200. The zero-order chi connectivity index (χ0) is 9.42. The molecule has 1 aromatic carbocycles. The quantitative estimate of drug-likeness (QED) is 0.770. The standard InChI is InChI=1S/C10H10ClNS/c1-6-3-2-4-7-9(6)10(11)8(5-12)13-7/h2-4H,5,12H2,1H3. The first kappa shape index (κ1) is 9.00. The molecule has 0 aliphatic carbocycles. The monoisotopic (exact) mass is 211 g/mol. The van der Waals surface area contributed by atoms with E-state index in [1.54, 1.807) is 11.3 Å². The lowest BCUT2D eigenvalue weighted by Gasteiger charge is -1.95. The first-order chi connectivity index (χ1) is 6.24. The summed E-state index contributed by atoms with van der Waals surface area (Å²) in [5, 5.41) is 2.00. The van der Waals surface area contributed by atoms with Crippen LogP contribution in [0.2, 0.25) is 5.02 Å². The Morgan fingerprint density at radius 2 is 2.23 bits per heavy atom. The van der Waals surface area contributed by atoms with Crippen LogP contribution in [0.4, 0.5) is 0 Å². The average Bonchev–Trinajstić information content (AvgIpc) is 2.44. The van der Waals surface area contributed by atoms with Crippen LogP contribution in [0.25, 0.3) is 10.1 Å². The Morgan fingerprint density at radius 1 is 1.46 bits per heavy atom. The first-order valence-electron chi connectivity index (χ1n) is 4.10. The van der Waals surface area contributed by atoms with Crippen LogP contribution in [0.3, 0.4) is 0 Å². The molecule has 1 heterocycles. The summed E-state index contributed by atoms with van der Waals surface area (Å²) in [6.45, 7) is 2.60. The van der Waals surface area contributed by atoms with Crippen molar-refractivity contribution >= 4 is 33.0 Å². The molecule has 0 saturated carbocycles. The lowest BCUT2D eigenvalue weighted by molar-refractivity contribution is 1.11. The highest BCUT2D eigenvalue weighted by molar-refractivity contribution is 7.19. The number of aryl methyl sites for hydroxylation is 1. The van der Waals surface area contributed by atoms with Crippen molar-refractivity contribution in [2.24, 2.45) is 5.73 Å². The Hall–Kier alpha value is -0.570. The Labute approximate surface area is 86.1 Å². The van der Waals surface area contributed by atoms with E-state index in [1.165, 1.54) is 10.3 Å². The maximum absolute atomic E-state index is 6.19. The minimum Gasteiger partial charge on any atom is -0.326 e. The molecule has 0 aliphatic heterocycles. The van der Waals surface area contributed by atoms with Gasteiger partial charge in [-0.3, -0.25) is 0 Å². The van der Waals surface area contributed by atoms with Crippen LogP contribution in [-0.2, 0) is 6.54 Å². The predicted molar refractivity (Wildman–Crippen MR) is 59.5 cm³/mol. The molecule has 0 radical (unpaired) electrons. The first-order valence-corrected chi connectivity index (χ1v) is 5.30.